The Morgan fingerprint density at radius 2 is 1.92 bits per heavy atom. The first-order valence-corrected chi connectivity index (χ1v) is 9.06. The minimum absolute atomic E-state index is 0.0175. The molecule has 3 rings (SSSR count). The van der Waals surface area contributed by atoms with Crippen molar-refractivity contribution in [2.75, 3.05) is 6.61 Å². The van der Waals surface area contributed by atoms with Crippen molar-refractivity contribution in [1.29, 1.82) is 5.26 Å². The van der Waals surface area contributed by atoms with Crippen molar-refractivity contribution in [1.82, 2.24) is 0 Å². The van der Waals surface area contributed by atoms with Crippen LogP contribution in [0.5, 0.6) is 0 Å². The van der Waals surface area contributed by atoms with E-state index in [0.29, 0.717) is 10.6 Å². The van der Waals surface area contributed by atoms with E-state index in [1.165, 1.54) is 42.5 Å². The summed E-state index contributed by atoms with van der Waals surface area (Å²) < 4.78 is 39.3. The summed E-state index contributed by atoms with van der Waals surface area (Å²) in [6.07, 6.45) is 0. The summed E-state index contributed by atoms with van der Waals surface area (Å²) in [5.74, 6) is -1.31. The molecule has 0 saturated heterocycles. The molecule has 0 bridgehead atoms. The number of rotatable bonds is 4. The number of benzene rings is 2. The van der Waals surface area contributed by atoms with Gasteiger partial charge in [-0.2, -0.15) is 5.26 Å². The maximum atomic E-state index is 13.5. The Morgan fingerprint density at radius 3 is 2.46 bits per heavy atom. The molecule has 1 aliphatic rings. The third-order valence-corrected chi connectivity index (χ3v) is 6.95. The van der Waals surface area contributed by atoms with Gasteiger partial charge in [-0.25, -0.2) is 12.8 Å². The van der Waals surface area contributed by atoms with Crippen molar-refractivity contribution in [3.05, 3.63) is 64.9 Å². The lowest BCUT2D eigenvalue weighted by atomic mass is 10.0. The van der Waals surface area contributed by atoms with E-state index in [2.05, 4.69) is 0 Å². The van der Waals surface area contributed by atoms with Gasteiger partial charge in [0.05, 0.1) is 22.8 Å². The van der Waals surface area contributed by atoms with Crippen LogP contribution in [0.4, 0.5) is 4.39 Å². The van der Waals surface area contributed by atoms with Crippen LogP contribution in [0.1, 0.15) is 11.5 Å². The van der Waals surface area contributed by atoms with Crippen LogP contribution in [-0.4, -0.2) is 25.4 Å². The Labute approximate surface area is 144 Å². The molecule has 0 aliphatic heterocycles. The first-order valence-electron chi connectivity index (χ1n) is 7.14. The molecule has 4 nitrogen and oxygen atoms in total. The molecule has 0 heterocycles. The summed E-state index contributed by atoms with van der Waals surface area (Å²) in [7, 11) is -3.89. The third-order valence-electron chi connectivity index (χ3n) is 4.41. The predicted octanol–water partition coefficient (Wildman–Crippen LogP) is 2.92. The maximum Gasteiger partial charge on any atom is 0.183 e. The molecule has 2 aromatic carbocycles. The van der Waals surface area contributed by atoms with Gasteiger partial charge >= 0.3 is 0 Å². The zero-order valence-corrected chi connectivity index (χ0v) is 13.9. The number of hydrogen-bond donors (Lipinski definition) is 1. The molecule has 24 heavy (non-hydrogen) atoms. The van der Waals surface area contributed by atoms with E-state index in [1.807, 2.05) is 6.07 Å². The predicted molar refractivity (Wildman–Crippen MR) is 86.7 cm³/mol. The maximum absolute atomic E-state index is 13.5. The van der Waals surface area contributed by atoms with Gasteiger partial charge < -0.3 is 5.11 Å². The van der Waals surface area contributed by atoms with Gasteiger partial charge in [0.1, 0.15) is 11.2 Å². The highest BCUT2D eigenvalue weighted by Crippen LogP contribution is 2.63. The van der Waals surface area contributed by atoms with Gasteiger partial charge in [-0.05, 0) is 42.0 Å². The Balaban J connectivity index is 2.08. The van der Waals surface area contributed by atoms with Crippen LogP contribution < -0.4 is 0 Å². The first kappa shape index (κ1) is 16.9. The molecule has 0 spiro atoms. The van der Waals surface area contributed by atoms with E-state index in [-0.39, 0.29) is 4.90 Å². The fourth-order valence-electron chi connectivity index (χ4n) is 3.16. The van der Waals surface area contributed by atoms with Crippen LogP contribution in [0.25, 0.3) is 0 Å². The topological polar surface area (TPSA) is 78.2 Å². The van der Waals surface area contributed by atoms with Gasteiger partial charge in [0.25, 0.3) is 0 Å². The number of hydrogen-bond acceptors (Lipinski definition) is 4. The average Bonchev–Trinajstić information content (AvgIpc) is 3.26. The van der Waals surface area contributed by atoms with Crippen molar-refractivity contribution in [2.45, 2.75) is 16.1 Å². The minimum atomic E-state index is -3.89. The Hall–Kier alpha value is -1.94. The number of nitriles is 1. The number of aliphatic hydroxyl groups is 1. The van der Waals surface area contributed by atoms with Crippen molar-refractivity contribution in [3.8, 4) is 6.07 Å². The SMILES string of the molecule is N#C[C@]1(CO)[C@H](c2cccc(F)c2)[C@@H]1S(=O)(=O)c1ccc(Cl)cc1. The van der Waals surface area contributed by atoms with E-state index < -0.39 is 38.8 Å². The fourth-order valence-corrected chi connectivity index (χ4v) is 5.60. The van der Waals surface area contributed by atoms with Crippen LogP contribution in [0, 0.1) is 22.6 Å². The molecule has 124 valence electrons. The van der Waals surface area contributed by atoms with E-state index in [0.717, 1.165) is 0 Å². The summed E-state index contributed by atoms with van der Waals surface area (Å²) in [5.41, 5.74) is -1.10. The Bertz CT molecular complexity index is 924. The van der Waals surface area contributed by atoms with Gasteiger partial charge in [-0.15, -0.1) is 0 Å². The van der Waals surface area contributed by atoms with Gasteiger partial charge in [0, 0.05) is 10.9 Å². The number of nitrogens with zero attached hydrogens (tertiary/aromatic N) is 1. The van der Waals surface area contributed by atoms with Gasteiger partial charge in [0.15, 0.2) is 9.84 Å². The minimum Gasteiger partial charge on any atom is -0.395 e. The molecule has 0 aromatic heterocycles. The summed E-state index contributed by atoms with van der Waals surface area (Å²) in [5, 5.41) is 18.4. The van der Waals surface area contributed by atoms with Crippen molar-refractivity contribution < 1.29 is 17.9 Å². The molecule has 7 heteroatoms. The summed E-state index contributed by atoms with van der Waals surface area (Å²) in [4.78, 5) is 0.0175. The lowest BCUT2D eigenvalue weighted by Crippen LogP contribution is -2.18. The highest BCUT2D eigenvalue weighted by molar-refractivity contribution is 7.92. The fraction of sp³-hybridized carbons (Fsp3) is 0.235. The molecule has 1 aliphatic carbocycles. The molecular weight excluding hydrogens is 353 g/mol. The van der Waals surface area contributed by atoms with Gasteiger partial charge in [0.2, 0.25) is 0 Å². The Morgan fingerprint density at radius 1 is 1.25 bits per heavy atom. The van der Waals surface area contributed by atoms with Crippen molar-refractivity contribution >= 4 is 21.4 Å². The zero-order chi connectivity index (χ0) is 17.5. The summed E-state index contributed by atoms with van der Waals surface area (Å²) in [6, 6.07) is 13.0. The van der Waals surface area contributed by atoms with Crippen LogP contribution >= 0.6 is 11.6 Å². The molecule has 0 amide bonds. The van der Waals surface area contributed by atoms with Crippen LogP contribution in [-0.2, 0) is 9.84 Å². The molecule has 2 aromatic rings. The highest BCUT2D eigenvalue weighted by atomic mass is 35.5. The largest absolute Gasteiger partial charge is 0.395 e. The molecule has 0 unspecified atom stereocenters. The molecule has 1 fully saturated rings. The van der Waals surface area contributed by atoms with Crippen LogP contribution in [0.2, 0.25) is 5.02 Å². The average molecular weight is 366 g/mol. The molecular formula is C17H13ClFNO3S. The number of sulfone groups is 1. The molecule has 1 N–H and O–H groups in total. The third kappa shape index (κ3) is 2.49. The van der Waals surface area contributed by atoms with E-state index in [9.17, 15) is 23.2 Å². The second-order valence-corrected chi connectivity index (χ2v) is 8.27. The van der Waals surface area contributed by atoms with Gasteiger partial charge in [-0.3, -0.25) is 0 Å². The normalized spacial score (nSPS) is 25.9. The molecule has 1 saturated carbocycles. The standard InChI is InChI=1S/C17H13ClFNO3S/c18-12-4-6-14(7-5-12)24(22,23)16-15(17(16,9-20)10-21)11-2-1-3-13(19)8-11/h1-8,15-16,21H,10H2/t15-,16+,17+/m1/s1. The lowest BCUT2D eigenvalue weighted by molar-refractivity contribution is 0.242. The summed E-state index contributed by atoms with van der Waals surface area (Å²) in [6.45, 7) is -0.623. The zero-order valence-electron chi connectivity index (χ0n) is 12.4. The first-order chi connectivity index (χ1) is 11.4. The van der Waals surface area contributed by atoms with Crippen molar-refractivity contribution in [2.24, 2.45) is 5.41 Å². The number of halogens is 2. The second-order valence-electron chi connectivity index (χ2n) is 5.76. The smallest absolute Gasteiger partial charge is 0.183 e. The van der Waals surface area contributed by atoms with Crippen LogP contribution in [0.3, 0.4) is 0 Å². The molecule has 0 radical (unpaired) electrons. The highest BCUT2D eigenvalue weighted by Gasteiger charge is 2.72. The lowest BCUT2D eigenvalue weighted by Gasteiger charge is -2.06. The summed E-state index contributed by atoms with van der Waals surface area (Å²) >= 11 is 5.78. The monoisotopic (exact) mass is 365 g/mol. The second kappa shape index (κ2) is 5.85. The van der Waals surface area contributed by atoms with E-state index in [4.69, 9.17) is 11.6 Å². The van der Waals surface area contributed by atoms with E-state index in [1.54, 1.807) is 6.07 Å². The number of aliphatic hydroxyl groups excluding tert-OH is 1. The Kier molecular flexibility index (Phi) is 4.12. The quantitative estimate of drug-likeness (QED) is 0.903. The van der Waals surface area contributed by atoms with E-state index >= 15 is 0 Å². The van der Waals surface area contributed by atoms with Crippen molar-refractivity contribution in [3.63, 3.8) is 0 Å². The molecule has 3 atom stereocenters. The van der Waals surface area contributed by atoms with Crippen LogP contribution in [0.15, 0.2) is 53.4 Å². The van der Waals surface area contributed by atoms with Gasteiger partial charge in [-0.1, -0.05) is 23.7 Å².